The van der Waals surface area contributed by atoms with Crippen LogP contribution in [0.25, 0.3) is 0 Å². The molecule has 0 aliphatic rings. The summed E-state index contributed by atoms with van der Waals surface area (Å²) in [6.45, 7) is 0. The zero-order valence-electron chi connectivity index (χ0n) is 12.6. The summed E-state index contributed by atoms with van der Waals surface area (Å²) in [5.41, 5.74) is 1.93. The van der Waals surface area contributed by atoms with E-state index in [1.54, 1.807) is 19.2 Å². The molecule has 112 valence electrons. The maximum atomic E-state index is 14.1. The quantitative estimate of drug-likeness (QED) is 0.827. The van der Waals surface area contributed by atoms with E-state index in [-0.39, 0.29) is 11.9 Å². The van der Waals surface area contributed by atoms with Gasteiger partial charge in [-0.15, -0.1) is 0 Å². The standard InChI is InChI=1S/C18H22FNO/c1-20-16(12-6-10-14-8-4-3-5-9-14)18-15(19)11-7-13-17(18)21-2/h3-5,7-9,11,13,16,20H,6,10,12H2,1-2H3. The molecule has 2 aromatic rings. The van der Waals surface area contributed by atoms with Gasteiger partial charge in [-0.3, -0.25) is 0 Å². The number of hydrogen-bond donors (Lipinski definition) is 1. The second kappa shape index (κ2) is 7.79. The van der Waals surface area contributed by atoms with Gasteiger partial charge in [0, 0.05) is 11.6 Å². The van der Waals surface area contributed by atoms with E-state index in [1.165, 1.54) is 11.6 Å². The summed E-state index contributed by atoms with van der Waals surface area (Å²) in [5.74, 6) is 0.391. The van der Waals surface area contributed by atoms with Gasteiger partial charge in [-0.2, -0.15) is 0 Å². The minimum Gasteiger partial charge on any atom is -0.496 e. The lowest BCUT2D eigenvalue weighted by Crippen LogP contribution is -2.19. The minimum atomic E-state index is -0.214. The summed E-state index contributed by atoms with van der Waals surface area (Å²) in [6.07, 6.45) is 2.85. The molecule has 0 aliphatic heterocycles. The molecule has 0 aliphatic carbocycles. The van der Waals surface area contributed by atoms with E-state index in [2.05, 4.69) is 17.4 Å². The largest absolute Gasteiger partial charge is 0.496 e. The lowest BCUT2D eigenvalue weighted by Gasteiger charge is -2.20. The highest BCUT2D eigenvalue weighted by atomic mass is 19.1. The van der Waals surface area contributed by atoms with Crippen molar-refractivity contribution in [3.05, 3.63) is 65.5 Å². The van der Waals surface area contributed by atoms with Crippen molar-refractivity contribution in [1.29, 1.82) is 0 Å². The molecule has 0 radical (unpaired) electrons. The van der Waals surface area contributed by atoms with Crippen LogP contribution in [0, 0.1) is 5.82 Å². The summed E-state index contributed by atoms with van der Waals surface area (Å²) in [5, 5.41) is 3.20. The van der Waals surface area contributed by atoms with E-state index in [0.717, 1.165) is 19.3 Å². The fourth-order valence-electron chi connectivity index (χ4n) is 2.62. The van der Waals surface area contributed by atoms with E-state index in [0.29, 0.717) is 11.3 Å². The maximum Gasteiger partial charge on any atom is 0.131 e. The molecule has 2 rings (SSSR count). The molecule has 1 N–H and O–H groups in total. The Bertz CT molecular complexity index is 556. The number of hydrogen-bond acceptors (Lipinski definition) is 2. The third-order valence-electron chi connectivity index (χ3n) is 3.73. The van der Waals surface area contributed by atoms with Crippen molar-refractivity contribution < 1.29 is 9.13 Å². The van der Waals surface area contributed by atoms with E-state index in [4.69, 9.17) is 4.74 Å². The number of rotatable bonds is 7. The Labute approximate surface area is 126 Å². The van der Waals surface area contributed by atoms with Crippen molar-refractivity contribution in [3.8, 4) is 5.75 Å². The third kappa shape index (κ3) is 4.05. The van der Waals surface area contributed by atoms with Gasteiger partial charge in [-0.05, 0) is 44.0 Å². The third-order valence-corrected chi connectivity index (χ3v) is 3.73. The van der Waals surface area contributed by atoms with Crippen LogP contribution < -0.4 is 10.1 Å². The van der Waals surface area contributed by atoms with Gasteiger partial charge in [0.05, 0.1) is 7.11 Å². The van der Waals surface area contributed by atoms with Crippen LogP contribution in [-0.4, -0.2) is 14.2 Å². The van der Waals surface area contributed by atoms with E-state index in [9.17, 15) is 4.39 Å². The topological polar surface area (TPSA) is 21.3 Å². The van der Waals surface area contributed by atoms with E-state index in [1.807, 2.05) is 25.2 Å². The molecular formula is C18H22FNO. The number of aryl methyl sites for hydroxylation is 1. The van der Waals surface area contributed by atoms with Crippen LogP contribution in [-0.2, 0) is 6.42 Å². The van der Waals surface area contributed by atoms with Gasteiger partial charge < -0.3 is 10.1 Å². The molecular weight excluding hydrogens is 265 g/mol. The average molecular weight is 287 g/mol. The van der Waals surface area contributed by atoms with Gasteiger partial charge in [0.15, 0.2) is 0 Å². The number of halogens is 1. The Kier molecular flexibility index (Phi) is 5.76. The summed E-state index contributed by atoms with van der Waals surface area (Å²) < 4.78 is 19.4. The minimum absolute atomic E-state index is 0.0372. The lowest BCUT2D eigenvalue weighted by molar-refractivity contribution is 0.388. The fourth-order valence-corrected chi connectivity index (χ4v) is 2.62. The summed E-state index contributed by atoms with van der Waals surface area (Å²) in [6, 6.07) is 15.3. The molecule has 1 atom stereocenters. The summed E-state index contributed by atoms with van der Waals surface area (Å²) in [7, 11) is 3.44. The van der Waals surface area contributed by atoms with Gasteiger partial charge in [0.2, 0.25) is 0 Å². The SMILES string of the molecule is CNC(CCCc1ccccc1)c1c(F)cccc1OC. The Morgan fingerprint density at radius 1 is 1.10 bits per heavy atom. The van der Waals surface area contributed by atoms with Gasteiger partial charge in [-0.1, -0.05) is 36.4 Å². The summed E-state index contributed by atoms with van der Waals surface area (Å²) in [4.78, 5) is 0. The van der Waals surface area contributed by atoms with Crippen LogP contribution in [0.5, 0.6) is 5.75 Å². The van der Waals surface area contributed by atoms with Gasteiger partial charge >= 0.3 is 0 Å². The monoisotopic (exact) mass is 287 g/mol. The average Bonchev–Trinajstić information content (AvgIpc) is 2.53. The van der Waals surface area contributed by atoms with E-state index >= 15 is 0 Å². The molecule has 2 nitrogen and oxygen atoms in total. The zero-order chi connectivity index (χ0) is 15.1. The second-order valence-corrected chi connectivity index (χ2v) is 5.07. The summed E-state index contributed by atoms with van der Waals surface area (Å²) >= 11 is 0. The fraction of sp³-hybridized carbons (Fsp3) is 0.333. The second-order valence-electron chi connectivity index (χ2n) is 5.07. The van der Waals surface area contributed by atoms with Crippen LogP contribution in [0.15, 0.2) is 48.5 Å². The van der Waals surface area contributed by atoms with Crippen molar-refractivity contribution in [2.45, 2.75) is 25.3 Å². The van der Waals surface area contributed by atoms with Crippen molar-refractivity contribution in [2.75, 3.05) is 14.2 Å². The molecule has 21 heavy (non-hydrogen) atoms. The molecule has 0 bridgehead atoms. The predicted molar refractivity (Wildman–Crippen MR) is 84.1 cm³/mol. The highest BCUT2D eigenvalue weighted by Gasteiger charge is 2.18. The molecule has 0 saturated heterocycles. The number of methoxy groups -OCH3 is 1. The molecule has 2 aromatic carbocycles. The lowest BCUT2D eigenvalue weighted by atomic mass is 9.98. The zero-order valence-corrected chi connectivity index (χ0v) is 12.6. The normalized spacial score (nSPS) is 12.1. The van der Waals surface area contributed by atoms with Gasteiger partial charge in [0.1, 0.15) is 11.6 Å². The molecule has 0 heterocycles. The van der Waals surface area contributed by atoms with Crippen LogP contribution in [0.3, 0.4) is 0 Å². The van der Waals surface area contributed by atoms with Gasteiger partial charge in [0.25, 0.3) is 0 Å². The number of nitrogens with one attached hydrogen (secondary N) is 1. The smallest absolute Gasteiger partial charge is 0.131 e. The molecule has 0 amide bonds. The molecule has 1 unspecified atom stereocenters. The number of benzene rings is 2. The van der Waals surface area contributed by atoms with Gasteiger partial charge in [-0.25, -0.2) is 4.39 Å². The highest BCUT2D eigenvalue weighted by molar-refractivity contribution is 5.37. The van der Waals surface area contributed by atoms with Crippen molar-refractivity contribution >= 4 is 0 Å². The number of ether oxygens (including phenoxy) is 1. The van der Waals surface area contributed by atoms with Crippen LogP contribution in [0.4, 0.5) is 4.39 Å². The Morgan fingerprint density at radius 2 is 1.86 bits per heavy atom. The Morgan fingerprint density at radius 3 is 2.52 bits per heavy atom. The molecule has 0 saturated carbocycles. The molecule has 0 aromatic heterocycles. The molecule has 0 spiro atoms. The van der Waals surface area contributed by atoms with Crippen LogP contribution >= 0.6 is 0 Å². The van der Waals surface area contributed by atoms with Crippen molar-refractivity contribution in [2.24, 2.45) is 0 Å². The van der Waals surface area contributed by atoms with Crippen LogP contribution in [0.1, 0.15) is 30.0 Å². The molecule has 0 fully saturated rings. The first-order chi connectivity index (χ1) is 10.3. The Balaban J connectivity index is 2.03. The first-order valence-electron chi connectivity index (χ1n) is 7.30. The van der Waals surface area contributed by atoms with Crippen LogP contribution in [0.2, 0.25) is 0 Å². The first kappa shape index (κ1) is 15.5. The first-order valence-corrected chi connectivity index (χ1v) is 7.30. The molecule has 3 heteroatoms. The highest BCUT2D eigenvalue weighted by Crippen LogP contribution is 2.30. The predicted octanol–water partition coefficient (Wildman–Crippen LogP) is 4.12. The Hall–Kier alpha value is -1.87. The van der Waals surface area contributed by atoms with Crippen molar-refractivity contribution in [3.63, 3.8) is 0 Å². The maximum absolute atomic E-state index is 14.1. The van der Waals surface area contributed by atoms with E-state index < -0.39 is 0 Å². The van der Waals surface area contributed by atoms with Crippen molar-refractivity contribution in [1.82, 2.24) is 5.32 Å².